The first-order chi connectivity index (χ1) is 14.7. The van der Waals surface area contributed by atoms with Gasteiger partial charge in [0.05, 0.1) is 18.7 Å². The van der Waals surface area contributed by atoms with Crippen LogP contribution in [0.5, 0.6) is 11.5 Å². The second kappa shape index (κ2) is 11.3. The Labute approximate surface area is 182 Å². The fourth-order valence-corrected chi connectivity index (χ4v) is 3.14. The first-order valence-electron chi connectivity index (χ1n) is 10.2. The molecule has 3 atom stereocenters. The molecule has 2 aromatic rings. The smallest absolute Gasteiger partial charge is 0.243 e. The molecule has 0 heterocycles. The summed E-state index contributed by atoms with van der Waals surface area (Å²) in [6.45, 7) is 3.35. The maximum Gasteiger partial charge on any atom is 0.243 e. The number of nitrogens with two attached hydrogens (primary N) is 1. The lowest BCUT2D eigenvalue weighted by molar-refractivity contribution is -0.131. The summed E-state index contributed by atoms with van der Waals surface area (Å²) < 4.78 is 0. The molecular formula is C23H31N3O5. The van der Waals surface area contributed by atoms with Gasteiger partial charge in [-0.2, -0.15) is 0 Å². The fourth-order valence-electron chi connectivity index (χ4n) is 3.14. The van der Waals surface area contributed by atoms with E-state index in [0.29, 0.717) is 6.42 Å². The van der Waals surface area contributed by atoms with Gasteiger partial charge in [0.2, 0.25) is 11.8 Å². The Balaban J connectivity index is 1.97. The summed E-state index contributed by atoms with van der Waals surface area (Å²) in [5.74, 6) is -0.791. The van der Waals surface area contributed by atoms with E-state index >= 15 is 0 Å². The van der Waals surface area contributed by atoms with Crippen molar-refractivity contribution in [3.63, 3.8) is 0 Å². The lowest BCUT2D eigenvalue weighted by Gasteiger charge is -2.26. The summed E-state index contributed by atoms with van der Waals surface area (Å²) in [7, 11) is 0. The second-order valence-corrected chi connectivity index (χ2v) is 7.97. The van der Waals surface area contributed by atoms with Crippen molar-refractivity contribution in [2.45, 2.75) is 44.8 Å². The van der Waals surface area contributed by atoms with Gasteiger partial charge in [-0.05, 0) is 54.2 Å². The number of aliphatic hydroxyl groups is 1. The standard InChI is InChI=1S/C23H31N3O5/c1-14(2)21(26-22(30)20(24)12-16-5-9-19(29)10-6-16)23(31)25-17(13-27)11-15-3-7-18(28)8-4-15/h3-10,14,17,20-21,27-29H,11-13,24H2,1-2H3,(H,25,31)(H,26,30)/t17-,20-,21-/m0/s1. The molecule has 0 fully saturated rings. The van der Waals surface area contributed by atoms with Crippen molar-refractivity contribution in [2.75, 3.05) is 6.61 Å². The van der Waals surface area contributed by atoms with E-state index in [1.807, 2.05) is 13.8 Å². The van der Waals surface area contributed by atoms with Gasteiger partial charge < -0.3 is 31.7 Å². The van der Waals surface area contributed by atoms with Crippen molar-refractivity contribution in [3.8, 4) is 11.5 Å². The zero-order valence-electron chi connectivity index (χ0n) is 17.8. The monoisotopic (exact) mass is 429 g/mol. The number of phenolic OH excluding ortho intramolecular Hbond substituents is 2. The average Bonchev–Trinajstić information content (AvgIpc) is 2.74. The second-order valence-electron chi connectivity index (χ2n) is 7.97. The Morgan fingerprint density at radius 2 is 1.32 bits per heavy atom. The number of hydrogen-bond acceptors (Lipinski definition) is 6. The van der Waals surface area contributed by atoms with Crippen molar-refractivity contribution in [1.29, 1.82) is 0 Å². The van der Waals surface area contributed by atoms with Crippen molar-refractivity contribution < 1.29 is 24.9 Å². The van der Waals surface area contributed by atoms with E-state index in [4.69, 9.17) is 5.73 Å². The number of carbonyl (C=O) groups is 2. The van der Waals surface area contributed by atoms with Crippen molar-refractivity contribution in [3.05, 3.63) is 59.7 Å². The SMILES string of the molecule is CC(C)[C@H](NC(=O)[C@@H](N)Cc1ccc(O)cc1)C(=O)N[C@H](CO)Cc1ccc(O)cc1. The molecule has 0 bridgehead atoms. The zero-order valence-corrected chi connectivity index (χ0v) is 17.8. The lowest BCUT2D eigenvalue weighted by atomic mass is 10.00. The number of hydrogen-bond donors (Lipinski definition) is 6. The fraction of sp³-hybridized carbons (Fsp3) is 0.391. The van der Waals surface area contributed by atoms with E-state index < -0.39 is 29.9 Å². The molecule has 2 aromatic carbocycles. The van der Waals surface area contributed by atoms with Gasteiger partial charge >= 0.3 is 0 Å². The molecule has 8 nitrogen and oxygen atoms in total. The van der Waals surface area contributed by atoms with Crippen LogP contribution in [0.3, 0.4) is 0 Å². The van der Waals surface area contributed by atoms with Crippen LogP contribution in [0.4, 0.5) is 0 Å². The van der Waals surface area contributed by atoms with E-state index in [0.717, 1.165) is 11.1 Å². The normalized spacial score (nSPS) is 14.0. The Kier molecular flexibility index (Phi) is 8.84. The third-order valence-corrected chi connectivity index (χ3v) is 4.96. The lowest BCUT2D eigenvalue weighted by Crippen LogP contribution is -2.56. The molecule has 0 aliphatic heterocycles. The molecule has 0 unspecified atom stereocenters. The van der Waals surface area contributed by atoms with Crippen molar-refractivity contribution in [1.82, 2.24) is 10.6 Å². The molecule has 168 valence electrons. The number of nitrogens with one attached hydrogen (secondary N) is 2. The molecule has 0 aliphatic rings. The summed E-state index contributed by atoms with van der Waals surface area (Å²) in [4.78, 5) is 25.4. The molecule has 0 aromatic heterocycles. The number of rotatable bonds is 10. The number of benzene rings is 2. The third kappa shape index (κ3) is 7.58. The predicted octanol–water partition coefficient (Wildman–Crippen LogP) is 0.828. The van der Waals surface area contributed by atoms with Gasteiger partial charge in [-0.1, -0.05) is 38.1 Å². The first-order valence-corrected chi connectivity index (χ1v) is 10.2. The minimum atomic E-state index is -0.857. The highest BCUT2D eigenvalue weighted by molar-refractivity contribution is 5.90. The number of phenols is 2. The molecule has 7 N–H and O–H groups in total. The number of aromatic hydroxyl groups is 2. The molecule has 0 spiro atoms. The summed E-state index contributed by atoms with van der Waals surface area (Å²) in [5.41, 5.74) is 7.65. The molecule has 0 saturated heterocycles. The van der Waals surface area contributed by atoms with Crippen LogP contribution in [0.2, 0.25) is 0 Å². The molecule has 0 aliphatic carbocycles. The Morgan fingerprint density at radius 1 is 0.839 bits per heavy atom. The number of amides is 2. The van der Waals surface area contributed by atoms with Crippen molar-refractivity contribution >= 4 is 11.8 Å². The van der Waals surface area contributed by atoms with Gasteiger partial charge in [-0.25, -0.2) is 0 Å². The highest BCUT2D eigenvalue weighted by atomic mass is 16.3. The minimum Gasteiger partial charge on any atom is -0.508 e. The van der Waals surface area contributed by atoms with E-state index in [2.05, 4.69) is 10.6 Å². The zero-order chi connectivity index (χ0) is 23.0. The van der Waals surface area contributed by atoms with Crippen LogP contribution in [0.1, 0.15) is 25.0 Å². The van der Waals surface area contributed by atoms with Crippen LogP contribution >= 0.6 is 0 Å². The maximum absolute atomic E-state index is 12.8. The van der Waals surface area contributed by atoms with Gasteiger partial charge in [-0.15, -0.1) is 0 Å². The van der Waals surface area contributed by atoms with Crippen LogP contribution in [0.15, 0.2) is 48.5 Å². The molecule has 31 heavy (non-hydrogen) atoms. The summed E-state index contributed by atoms with van der Waals surface area (Å²) in [6, 6.07) is 10.7. The van der Waals surface area contributed by atoms with Crippen LogP contribution in [0, 0.1) is 5.92 Å². The van der Waals surface area contributed by atoms with E-state index in [-0.39, 0.29) is 30.4 Å². The molecular weight excluding hydrogens is 398 g/mol. The molecule has 8 heteroatoms. The molecule has 0 radical (unpaired) electrons. The summed E-state index contributed by atoms with van der Waals surface area (Å²) in [6.07, 6.45) is 0.639. The molecule has 2 rings (SSSR count). The van der Waals surface area contributed by atoms with Crippen LogP contribution in [0.25, 0.3) is 0 Å². The van der Waals surface area contributed by atoms with Gasteiger partial charge in [-0.3, -0.25) is 9.59 Å². The summed E-state index contributed by atoms with van der Waals surface area (Å²) >= 11 is 0. The van der Waals surface area contributed by atoms with E-state index in [1.54, 1.807) is 24.3 Å². The van der Waals surface area contributed by atoms with E-state index in [9.17, 15) is 24.9 Å². The van der Waals surface area contributed by atoms with Crippen LogP contribution < -0.4 is 16.4 Å². The highest BCUT2D eigenvalue weighted by Gasteiger charge is 2.28. The van der Waals surface area contributed by atoms with Crippen LogP contribution in [-0.4, -0.2) is 51.9 Å². The topological polar surface area (TPSA) is 145 Å². The van der Waals surface area contributed by atoms with Gasteiger partial charge in [0.25, 0.3) is 0 Å². The van der Waals surface area contributed by atoms with Gasteiger partial charge in [0, 0.05) is 0 Å². The summed E-state index contributed by atoms with van der Waals surface area (Å²) in [5, 5.41) is 33.9. The highest BCUT2D eigenvalue weighted by Crippen LogP contribution is 2.13. The molecule has 0 saturated carbocycles. The maximum atomic E-state index is 12.8. The van der Waals surface area contributed by atoms with Gasteiger partial charge in [0.15, 0.2) is 0 Å². The Hall–Kier alpha value is -3.10. The number of carbonyl (C=O) groups excluding carboxylic acids is 2. The predicted molar refractivity (Wildman–Crippen MR) is 117 cm³/mol. The third-order valence-electron chi connectivity index (χ3n) is 4.96. The average molecular weight is 430 g/mol. The Bertz CT molecular complexity index is 853. The number of aliphatic hydroxyl groups excluding tert-OH is 1. The first kappa shape index (κ1) is 24.2. The van der Waals surface area contributed by atoms with E-state index in [1.165, 1.54) is 24.3 Å². The van der Waals surface area contributed by atoms with Crippen molar-refractivity contribution in [2.24, 2.45) is 11.7 Å². The largest absolute Gasteiger partial charge is 0.508 e. The van der Waals surface area contributed by atoms with Crippen LogP contribution in [-0.2, 0) is 22.4 Å². The minimum absolute atomic E-state index is 0.129. The van der Waals surface area contributed by atoms with Gasteiger partial charge in [0.1, 0.15) is 17.5 Å². The quantitative estimate of drug-likeness (QED) is 0.330. The Morgan fingerprint density at radius 3 is 1.77 bits per heavy atom. The molecule has 2 amide bonds.